The van der Waals surface area contributed by atoms with Gasteiger partial charge >= 0.3 is 0 Å². The van der Waals surface area contributed by atoms with Crippen LogP contribution in [0, 0.1) is 17.8 Å². The van der Waals surface area contributed by atoms with Crippen molar-refractivity contribution >= 4 is 16.8 Å². The number of fused-ring (bicyclic) bond motifs is 4. The number of carbonyl (C=O) groups excluding carboxylic acids is 1. The van der Waals surface area contributed by atoms with Crippen molar-refractivity contribution in [3.8, 4) is 0 Å². The van der Waals surface area contributed by atoms with E-state index in [1.54, 1.807) is 6.20 Å². The average Bonchev–Trinajstić information content (AvgIpc) is 3.45. The van der Waals surface area contributed by atoms with Gasteiger partial charge in [-0.05, 0) is 73.1 Å². The van der Waals surface area contributed by atoms with Gasteiger partial charge in [0.2, 0.25) is 0 Å². The lowest BCUT2D eigenvalue weighted by molar-refractivity contribution is 0.0604. The predicted molar refractivity (Wildman–Crippen MR) is 124 cm³/mol. The van der Waals surface area contributed by atoms with Gasteiger partial charge in [-0.2, -0.15) is 0 Å². The molecule has 1 saturated carbocycles. The highest BCUT2D eigenvalue weighted by molar-refractivity contribution is 5.97. The second kappa shape index (κ2) is 7.64. The number of benzene rings is 2. The van der Waals surface area contributed by atoms with Gasteiger partial charge in [0.25, 0.3) is 5.91 Å². The van der Waals surface area contributed by atoms with Gasteiger partial charge < -0.3 is 4.90 Å². The molecule has 0 N–H and O–H groups in total. The summed E-state index contributed by atoms with van der Waals surface area (Å²) in [7, 11) is 0. The molecule has 0 radical (unpaired) electrons. The molecule has 6 rings (SSSR count). The van der Waals surface area contributed by atoms with Crippen molar-refractivity contribution < 1.29 is 4.79 Å². The molecule has 3 nitrogen and oxygen atoms in total. The third-order valence-corrected chi connectivity index (χ3v) is 7.66. The maximum Gasteiger partial charge on any atom is 0.255 e. The van der Waals surface area contributed by atoms with Crippen LogP contribution in [0.2, 0.25) is 0 Å². The van der Waals surface area contributed by atoms with Crippen LogP contribution in [0.1, 0.15) is 53.2 Å². The first-order valence-electron chi connectivity index (χ1n) is 11.7. The van der Waals surface area contributed by atoms with Crippen molar-refractivity contribution in [2.24, 2.45) is 17.8 Å². The SMILES string of the molecule is O=C(c1cnc2ccccc2c1)N(C[C@@H]1C[C@@H]2C=C[C@H]1C2)[C@@H]1CCCc2ccccc21. The zero-order chi connectivity index (χ0) is 20.8. The Balaban J connectivity index is 1.38. The number of amides is 1. The summed E-state index contributed by atoms with van der Waals surface area (Å²) in [5.41, 5.74) is 4.39. The smallest absolute Gasteiger partial charge is 0.255 e. The first-order chi connectivity index (χ1) is 15.3. The van der Waals surface area contributed by atoms with E-state index in [-0.39, 0.29) is 11.9 Å². The lowest BCUT2D eigenvalue weighted by atomic mass is 9.85. The summed E-state index contributed by atoms with van der Waals surface area (Å²) in [4.78, 5) is 20.7. The Kier molecular flexibility index (Phi) is 4.63. The van der Waals surface area contributed by atoms with E-state index in [1.165, 1.54) is 24.0 Å². The predicted octanol–water partition coefficient (Wildman–Crippen LogP) is 5.97. The van der Waals surface area contributed by atoms with Gasteiger partial charge in [0.05, 0.1) is 17.1 Å². The number of hydrogen-bond acceptors (Lipinski definition) is 2. The molecule has 1 fully saturated rings. The summed E-state index contributed by atoms with van der Waals surface area (Å²) < 4.78 is 0. The molecular formula is C28H28N2O. The number of aryl methyl sites for hydroxylation is 1. The van der Waals surface area contributed by atoms with Crippen molar-refractivity contribution in [1.29, 1.82) is 0 Å². The van der Waals surface area contributed by atoms with E-state index in [0.29, 0.717) is 23.3 Å². The zero-order valence-corrected chi connectivity index (χ0v) is 17.8. The quantitative estimate of drug-likeness (QED) is 0.499. The lowest BCUT2D eigenvalue weighted by Gasteiger charge is -2.38. The number of para-hydroxylation sites is 1. The average molecular weight is 409 g/mol. The monoisotopic (exact) mass is 408 g/mol. The van der Waals surface area contributed by atoms with Gasteiger partial charge in [-0.25, -0.2) is 0 Å². The van der Waals surface area contributed by atoms with Crippen molar-refractivity contribution in [3.63, 3.8) is 0 Å². The van der Waals surface area contributed by atoms with Crippen LogP contribution in [0.15, 0.2) is 72.9 Å². The van der Waals surface area contributed by atoms with E-state index in [2.05, 4.69) is 46.3 Å². The van der Waals surface area contributed by atoms with Gasteiger partial charge in [0.15, 0.2) is 0 Å². The summed E-state index contributed by atoms with van der Waals surface area (Å²) >= 11 is 0. The number of rotatable bonds is 4. The summed E-state index contributed by atoms with van der Waals surface area (Å²) in [5.74, 6) is 2.05. The Morgan fingerprint density at radius 1 is 1.03 bits per heavy atom. The van der Waals surface area contributed by atoms with Gasteiger partial charge in [-0.3, -0.25) is 9.78 Å². The molecule has 1 amide bonds. The van der Waals surface area contributed by atoms with Crippen LogP contribution in [0.4, 0.5) is 0 Å². The fourth-order valence-corrected chi connectivity index (χ4v) is 6.11. The van der Waals surface area contributed by atoms with Gasteiger partial charge in [-0.1, -0.05) is 54.6 Å². The molecule has 3 aliphatic rings. The third kappa shape index (κ3) is 3.37. The highest BCUT2D eigenvalue weighted by atomic mass is 16.2. The van der Waals surface area contributed by atoms with Crippen molar-refractivity contribution in [1.82, 2.24) is 9.88 Å². The Morgan fingerprint density at radius 3 is 2.77 bits per heavy atom. The molecule has 1 aromatic heterocycles. The van der Waals surface area contributed by atoms with Crippen molar-refractivity contribution in [3.05, 3.63) is 89.6 Å². The summed E-state index contributed by atoms with van der Waals surface area (Å²) in [6, 6.07) is 18.9. The third-order valence-electron chi connectivity index (χ3n) is 7.66. The molecule has 4 atom stereocenters. The minimum absolute atomic E-state index is 0.131. The number of hydrogen-bond donors (Lipinski definition) is 0. The van der Waals surface area contributed by atoms with E-state index >= 15 is 0 Å². The van der Waals surface area contributed by atoms with Gasteiger partial charge in [-0.15, -0.1) is 0 Å². The number of carbonyl (C=O) groups is 1. The molecule has 0 unspecified atom stereocenters. The van der Waals surface area contributed by atoms with Crippen molar-refractivity contribution in [2.45, 2.75) is 38.1 Å². The van der Waals surface area contributed by atoms with E-state index < -0.39 is 0 Å². The summed E-state index contributed by atoms with van der Waals surface area (Å²) in [6.07, 6.45) is 12.3. The molecule has 2 bridgehead atoms. The van der Waals surface area contributed by atoms with E-state index in [4.69, 9.17) is 0 Å². The Morgan fingerprint density at radius 2 is 1.90 bits per heavy atom. The van der Waals surface area contributed by atoms with E-state index in [9.17, 15) is 4.79 Å². The summed E-state index contributed by atoms with van der Waals surface area (Å²) in [6.45, 7) is 0.843. The molecular weight excluding hydrogens is 380 g/mol. The molecule has 3 aromatic rings. The molecule has 3 heteroatoms. The second-order valence-corrected chi connectivity index (χ2v) is 9.52. The van der Waals surface area contributed by atoms with Crippen LogP contribution in [0.5, 0.6) is 0 Å². The fraction of sp³-hybridized carbons (Fsp3) is 0.357. The highest BCUT2D eigenvalue weighted by Gasteiger charge is 2.39. The lowest BCUT2D eigenvalue weighted by Crippen LogP contribution is -2.40. The number of pyridine rings is 1. The Hall–Kier alpha value is -2.94. The van der Waals surface area contributed by atoms with Crippen LogP contribution >= 0.6 is 0 Å². The van der Waals surface area contributed by atoms with Gasteiger partial charge in [0, 0.05) is 18.1 Å². The number of allylic oxidation sites excluding steroid dienone is 2. The molecule has 1 heterocycles. The van der Waals surface area contributed by atoms with E-state index in [1.807, 2.05) is 30.3 Å². The largest absolute Gasteiger partial charge is 0.331 e. The maximum atomic E-state index is 14.0. The van der Waals surface area contributed by atoms with Crippen LogP contribution in [-0.2, 0) is 6.42 Å². The molecule has 0 saturated heterocycles. The number of nitrogens with zero attached hydrogens (tertiary/aromatic N) is 2. The van der Waals surface area contributed by atoms with Crippen LogP contribution < -0.4 is 0 Å². The molecule has 0 aliphatic heterocycles. The first kappa shape index (κ1) is 18.8. The number of aromatic nitrogens is 1. The molecule has 2 aromatic carbocycles. The van der Waals surface area contributed by atoms with Crippen molar-refractivity contribution in [2.75, 3.05) is 6.54 Å². The first-order valence-corrected chi connectivity index (χ1v) is 11.7. The molecule has 3 aliphatic carbocycles. The van der Waals surface area contributed by atoms with Crippen LogP contribution in [0.3, 0.4) is 0 Å². The molecule has 31 heavy (non-hydrogen) atoms. The second-order valence-electron chi connectivity index (χ2n) is 9.52. The normalized spacial score (nSPS) is 26.2. The van der Waals surface area contributed by atoms with Crippen LogP contribution in [-0.4, -0.2) is 22.3 Å². The molecule has 156 valence electrons. The fourth-order valence-electron chi connectivity index (χ4n) is 6.11. The Bertz CT molecular complexity index is 1170. The Labute approximate surface area is 183 Å². The topological polar surface area (TPSA) is 33.2 Å². The zero-order valence-electron chi connectivity index (χ0n) is 17.8. The van der Waals surface area contributed by atoms with E-state index in [0.717, 1.165) is 36.7 Å². The molecule has 0 spiro atoms. The highest BCUT2D eigenvalue weighted by Crippen LogP contribution is 2.45. The maximum absolute atomic E-state index is 14.0. The minimum atomic E-state index is 0.131. The summed E-state index contributed by atoms with van der Waals surface area (Å²) in [5, 5.41) is 1.03. The van der Waals surface area contributed by atoms with Gasteiger partial charge in [0.1, 0.15) is 0 Å². The standard InChI is InChI=1S/C28H28N2O/c31-28(23-16-22-7-2-4-10-26(22)29-17-23)30(18-24-15-19-12-13-21(24)14-19)27-11-5-8-20-6-1-3-9-25(20)27/h1-4,6-7,9-10,12-13,16-17,19,21,24,27H,5,8,11,14-15,18H2/t19-,21+,24+,27-/m1/s1. The minimum Gasteiger partial charge on any atom is -0.331 e. The van der Waals surface area contributed by atoms with Crippen LogP contribution in [0.25, 0.3) is 10.9 Å².